The molecule has 2 aromatic rings. The van der Waals surface area contributed by atoms with E-state index in [0.29, 0.717) is 12.3 Å². The molecule has 0 spiro atoms. The molecule has 1 aromatic carbocycles. The van der Waals surface area contributed by atoms with Gasteiger partial charge in [-0.2, -0.15) is 0 Å². The average Bonchev–Trinajstić information content (AvgIpc) is 2.57. The summed E-state index contributed by atoms with van der Waals surface area (Å²) in [5.41, 5.74) is 2.93. The van der Waals surface area contributed by atoms with Crippen LogP contribution in [-0.4, -0.2) is 42.9 Å². The molecule has 1 aliphatic heterocycles. The fourth-order valence-corrected chi connectivity index (χ4v) is 3.00. The van der Waals surface area contributed by atoms with Gasteiger partial charge in [0.25, 0.3) is 0 Å². The zero-order chi connectivity index (χ0) is 15.7. The molecule has 0 amide bonds. The van der Waals surface area contributed by atoms with E-state index < -0.39 is 0 Å². The number of benzene rings is 1. The lowest BCUT2D eigenvalue weighted by Gasteiger charge is -2.27. The van der Waals surface area contributed by atoms with Crippen LogP contribution >= 0.6 is 0 Å². The molecule has 0 atom stereocenters. The molecule has 0 unspecified atom stereocenters. The van der Waals surface area contributed by atoms with Gasteiger partial charge in [0, 0.05) is 43.3 Å². The van der Waals surface area contributed by atoms with Crippen LogP contribution < -0.4 is 10.2 Å². The lowest BCUT2D eigenvalue weighted by atomic mass is 10.1. The average molecular weight is 302 g/mol. The second-order valence-electron chi connectivity index (χ2n) is 5.72. The fraction of sp³-hybridized carbons (Fsp3) is 0.471. The standard InChI is InChI=1S/C17H22N2O3/c1-12-15(11-19-6-8-22-9-7-19)17(20)14-10-13(21-3)4-5-16(14)18(12)2/h4-5,10H,6-9,11H2,1-3H3. The van der Waals surface area contributed by atoms with Gasteiger partial charge in [-0.05, 0) is 25.1 Å². The summed E-state index contributed by atoms with van der Waals surface area (Å²) in [5, 5.41) is 0.718. The van der Waals surface area contributed by atoms with E-state index in [-0.39, 0.29) is 5.43 Å². The molecule has 1 aromatic heterocycles. The van der Waals surface area contributed by atoms with Gasteiger partial charge in [0.15, 0.2) is 5.43 Å². The Balaban J connectivity index is 2.10. The van der Waals surface area contributed by atoms with Crippen molar-refractivity contribution in [2.75, 3.05) is 33.4 Å². The first-order valence-corrected chi connectivity index (χ1v) is 7.58. The summed E-state index contributed by atoms with van der Waals surface area (Å²) >= 11 is 0. The van der Waals surface area contributed by atoms with Crippen molar-refractivity contribution in [1.82, 2.24) is 9.47 Å². The van der Waals surface area contributed by atoms with E-state index in [1.807, 2.05) is 32.2 Å². The van der Waals surface area contributed by atoms with Crippen LogP contribution in [-0.2, 0) is 18.3 Å². The molecule has 22 heavy (non-hydrogen) atoms. The lowest BCUT2D eigenvalue weighted by Crippen LogP contribution is -2.37. The van der Waals surface area contributed by atoms with Crippen LogP contribution in [0.5, 0.6) is 5.75 Å². The molecule has 0 bridgehead atoms. The number of pyridine rings is 1. The summed E-state index contributed by atoms with van der Waals surface area (Å²) < 4.78 is 12.7. The molecule has 1 saturated heterocycles. The minimum atomic E-state index is 0.107. The van der Waals surface area contributed by atoms with Crippen molar-refractivity contribution in [3.63, 3.8) is 0 Å². The van der Waals surface area contributed by atoms with Crippen molar-refractivity contribution in [2.45, 2.75) is 13.5 Å². The fourth-order valence-electron chi connectivity index (χ4n) is 3.00. The largest absolute Gasteiger partial charge is 0.497 e. The van der Waals surface area contributed by atoms with E-state index >= 15 is 0 Å². The molecular weight excluding hydrogens is 280 g/mol. The maximum Gasteiger partial charge on any atom is 0.194 e. The van der Waals surface area contributed by atoms with Crippen molar-refractivity contribution in [3.05, 3.63) is 39.7 Å². The molecule has 0 radical (unpaired) electrons. The number of fused-ring (bicyclic) bond motifs is 1. The predicted molar refractivity (Wildman–Crippen MR) is 86.6 cm³/mol. The predicted octanol–water partition coefficient (Wildman–Crippen LogP) is 1.69. The van der Waals surface area contributed by atoms with Crippen molar-refractivity contribution >= 4 is 10.9 Å². The summed E-state index contributed by atoms with van der Waals surface area (Å²) in [5.74, 6) is 0.714. The van der Waals surface area contributed by atoms with E-state index in [1.165, 1.54) is 0 Å². The SMILES string of the molecule is COc1ccc2c(c1)c(=O)c(CN1CCOCC1)c(C)n2C. The summed E-state index contributed by atoms with van der Waals surface area (Å²) in [4.78, 5) is 15.2. The highest BCUT2D eigenvalue weighted by Gasteiger charge is 2.17. The van der Waals surface area contributed by atoms with Crippen LogP contribution in [0.25, 0.3) is 10.9 Å². The number of nitrogens with zero attached hydrogens (tertiary/aromatic N) is 2. The van der Waals surface area contributed by atoms with E-state index in [0.717, 1.165) is 48.5 Å². The minimum absolute atomic E-state index is 0.107. The highest BCUT2D eigenvalue weighted by atomic mass is 16.5. The van der Waals surface area contributed by atoms with Gasteiger partial charge in [0.2, 0.25) is 0 Å². The number of aryl methyl sites for hydroxylation is 1. The smallest absolute Gasteiger partial charge is 0.194 e. The van der Waals surface area contributed by atoms with E-state index in [1.54, 1.807) is 7.11 Å². The molecule has 3 rings (SSSR count). The van der Waals surface area contributed by atoms with E-state index in [2.05, 4.69) is 9.47 Å². The number of methoxy groups -OCH3 is 1. The number of hydrogen-bond acceptors (Lipinski definition) is 4. The lowest BCUT2D eigenvalue weighted by molar-refractivity contribution is 0.0339. The molecule has 118 valence electrons. The third kappa shape index (κ3) is 2.62. The van der Waals surface area contributed by atoms with Crippen LogP contribution in [0, 0.1) is 6.92 Å². The number of morpholine rings is 1. The Labute approximate surface area is 130 Å². The Morgan fingerprint density at radius 1 is 1.27 bits per heavy atom. The zero-order valence-corrected chi connectivity index (χ0v) is 13.4. The minimum Gasteiger partial charge on any atom is -0.497 e. The second-order valence-corrected chi connectivity index (χ2v) is 5.72. The van der Waals surface area contributed by atoms with Gasteiger partial charge >= 0.3 is 0 Å². The molecule has 2 heterocycles. The monoisotopic (exact) mass is 302 g/mol. The van der Waals surface area contributed by atoms with Crippen LogP contribution in [0.2, 0.25) is 0 Å². The van der Waals surface area contributed by atoms with Crippen molar-refractivity contribution in [1.29, 1.82) is 0 Å². The molecular formula is C17H22N2O3. The third-order valence-electron chi connectivity index (χ3n) is 4.51. The molecule has 0 saturated carbocycles. The van der Waals surface area contributed by atoms with E-state index in [9.17, 15) is 4.79 Å². The van der Waals surface area contributed by atoms with Gasteiger partial charge in [-0.1, -0.05) is 0 Å². The van der Waals surface area contributed by atoms with Gasteiger partial charge < -0.3 is 14.0 Å². The van der Waals surface area contributed by atoms with Crippen LogP contribution in [0.3, 0.4) is 0 Å². The Bertz CT molecular complexity index is 746. The Hall–Kier alpha value is -1.85. The molecule has 0 N–H and O–H groups in total. The normalized spacial score (nSPS) is 16.1. The van der Waals surface area contributed by atoms with Gasteiger partial charge in [0.05, 0.1) is 25.8 Å². The van der Waals surface area contributed by atoms with E-state index in [4.69, 9.17) is 9.47 Å². The first kappa shape index (κ1) is 15.1. The number of hydrogen-bond donors (Lipinski definition) is 0. The zero-order valence-electron chi connectivity index (χ0n) is 13.4. The van der Waals surface area contributed by atoms with Gasteiger partial charge in [0.1, 0.15) is 5.75 Å². The Kier molecular flexibility index (Phi) is 4.18. The third-order valence-corrected chi connectivity index (χ3v) is 4.51. The molecule has 0 aliphatic carbocycles. The van der Waals surface area contributed by atoms with Gasteiger partial charge in [-0.3, -0.25) is 9.69 Å². The quantitative estimate of drug-likeness (QED) is 0.865. The number of ether oxygens (including phenoxy) is 2. The van der Waals surface area contributed by atoms with Crippen LogP contribution in [0.15, 0.2) is 23.0 Å². The van der Waals surface area contributed by atoms with Gasteiger partial charge in [-0.15, -0.1) is 0 Å². The Morgan fingerprint density at radius 3 is 2.68 bits per heavy atom. The number of rotatable bonds is 3. The van der Waals surface area contributed by atoms with Crippen molar-refractivity contribution < 1.29 is 9.47 Å². The highest BCUT2D eigenvalue weighted by Crippen LogP contribution is 2.21. The second kappa shape index (κ2) is 6.10. The number of aromatic nitrogens is 1. The topological polar surface area (TPSA) is 43.7 Å². The Morgan fingerprint density at radius 2 is 2.00 bits per heavy atom. The molecule has 5 heteroatoms. The molecule has 1 fully saturated rings. The van der Waals surface area contributed by atoms with Gasteiger partial charge in [-0.25, -0.2) is 0 Å². The summed E-state index contributed by atoms with van der Waals surface area (Å²) in [6, 6.07) is 5.67. The van der Waals surface area contributed by atoms with Crippen molar-refractivity contribution in [2.24, 2.45) is 7.05 Å². The maximum atomic E-state index is 12.9. The molecule has 5 nitrogen and oxygen atoms in total. The molecule has 1 aliphatic rings. The van der Waals surface area contributed by atoms with Crippen molar-refractivity contribution in [3.8, 4) is 5.75 Å². The summed E-state index contributed by atoms with van der Waals surface area (Å²) in [6.07, 6.45) is 0. The highest BCUT2D eigenvalue weighted by molar-refractivity contribution is 5.81. The first-order valence-electron chi connectivity index (χ1n) is 7.58. The summed E-state index contributed by atoms with van der Waals surface area (Å²) in [6.45, 7) is 5.91. The first-order chi connectivity index (χ1) is 10.6. The van der Waals surface area contributed by atoms with Crippen LogP contribution in [0.1, 0.15) is 11.3 Å². The maximum absolute atomic E-state index is 12.9. The summed E-state index contributed by atoms with van der Waals surface area (Å²) in [7, 11) is 3.63. The van der Waals surface area contributed by atoms with Crippen LogP contribution in [0.4, 0.5) is 0 Å².